The van der Waals surface area contributed by atoms with Crippen molar-refractivity contribution >= 4 is 56.4 Å². The van der Waals surface area contributed by atoms with Gasteiger partial charge in [0.1, 0.15) is 5.75 Å². The van der Waals surface area contributed by atoms with E-state index in [1.165, 1.54) is 6.21 Å². The van der Waals surface area contributed by atoms with Gasteiger partial charge in [0, 0.05) is 15.7 Å². The normalized spacial score (nSPS) is 10.8. The minimum atomic E-state index is -0.942. The molecule has 4 rings (SSSR count). The number of halogens is 1. The third-order valence-electron chi connectivity index (χ3n) is 5.09. The Morgan fingerprint density at radius 3 is 2.31 bits per heavy atom. The Morgan fingerprint density at radius 2 is 1.57 bits per heavy atom. The van der Waals surface area contributed by atoms with E-state index in [9.17, 15) is 14.4 Å². The summed E-state index contributed by atoms with van der Waals surface area (Å²) in [6.07, 6.45) is 1.35. The predicted molar refractivity (Wildman–Crippen MR) is 139 cm³/mol. The molecule has 0 aliphatic rings. The fourth-order valence-electron chi connectivity index (χ4n) is 3.27. The number of amides is 2. The van der Waals surface area contributed by atoms with E-state index in [2.05, 4.69) is 31.8 Å². The van der Waals surface area contributed by atoms with Crippen molar-refractivity contribution in [2.75, 3.05) is 5.32 Å². The number of carbonyl (C=O) groups is 3. The fraction of sp³-hybridized carbons (Fsp3) is 0.0370. The maximum Gasteiger partial charge on any atom is 0.343 e. The Labute approximate surface area is 209 Å². The first-order chi connectivity index (χ1) is 16.9. The molecule has 0 bridgehead atoms. The van der Waals surface area contributed by atoms with Crippen LogP contribution < -0.4 is 15.5 Å². The summed E-state index contributed by atoms with van der Waals surface area (Å²) in [5.41, 5.74) is 4.60. The van der Waals surface area contributed by atoms with E-state index < -0.39 is 17.8 Å². The second kappa shape index (κ2) is 10.8. The molecular weight excluding hydrogens is 510 g/mol. The zero-order chi connectivity index (χ0) is 24.8. The van der Waals surface area contributed by atoms with Gasteiger partial charge in [-0.2, -0.15) is 5.10 Å². The summed E-state index contributed by atoms with van der Waals surface area (Å²) in [6.45, 7) is 1.93. The molecule has 0 fully saturated rings. The number of anilines is 1. The molecule has 174 valence electrons. The summed E-state index contributed by atoms with van der Waals surface area (Å²) in [5, 5.41) is 8.08. The molecule has 0 saturated heterocycles. The molecule has 0 aliphatic carbocycles. The van der Waals surface area contributed by atoms with E-state index in [0.717, 1.165) is 20.8 Å². The summed E-state index contributed by atoms with van der Waals surface area (Å²) < 4.78 is 6.49. The highest BCUT2D eigenvalue weighted by Gasteiger charge is 2.15. The van der Waals surface area contributed by atoms with Crippen molar-refractivity contribution in [2.45, 2.75) is 6.92 Å². The van der Waals surface area contributed by atoms with E-state index in [4.69, 9.17) is 4.74 Å². The third-order valence-corrected chi connectivity index (χ3v) is 5.62. The average molecular weight is 530 g/mol. The number of aryl methyl sites for hydroxylation is 1. The van der Waals surface area contributed by atoms with Crippen LogP contribution in [0.25, 0.3) is 10.8 Å². The van der Waals surface area contributed by atoms with E-state index >= 15 is 0 Å². The molecule has 4 aromatic carbocycles. The Balaban J connectivity index is 1.53. The van der Waals surface area contributed by atoms with Gasteiger partial charge in [-0.3, -0.25) is 9.59 Å². The summed E-state index contributed by atoms with van der Waals surface area (Å²) in [6, 6.07) is 24.8. The largest absolute Gasteiger partial charge is 0.422 e. The molecule has 0 saturated carbocycles. The topological polar surface area (TPSA) is 96.9 Å². The van der Waals surface area contributed by atoms with Gasteiger partial charge in [-0.15, -0.1) is 0 Å². The van der Waals surface area contributed by atoms with Gasteiger partial charge in [-0.05, 0) is 60.2 Å². The number of carbonyl (C=O) groups excluding carboxylic acids is 3. The number of rotatable bonds is 5. The summed E-state index contributed by atoms with van der Waals surface area (Å²) in [4.78, 5) is 37.1. The van der Waals surface area contributed by atoms with Crippen molar-refractivity contribution in [2.24, 2.45) is 5.10 Å². The summed E-state index contributed by atoms with van der Waals surface area (Å²) in [5.74, 6) is -2.06. The average Bonchev–Trinajstić information content (AvgIpc) is 2.86. The van der Waals surface area contributed by atoms with E-state index in [-0.39, 0.29) is 5.75 Å². The molecule has 0 aliphatic heterocycles. The van der Waals surface area contributed by atoms with Crippen LogP contribution in [0.3, 0.4) is 0 Å². The Kier molecular flexibility index (Phi) is 7.32. The predicted octanol–water partition coefficient (Wildman–Crippen LogP) is 5.22. The van der Waals surface area contributed by atoms with Gasteiger partial charge in [-0.1, -0.05) is 64.0 Å². The van der Waals surface area contributed by atoms with Gasteiger partial charge in [0.2, 0.25) is 0 Å². The molecule has 0 unspecified atom stereocenters. The molecule has 4 aromatic rings. The van der Waals surface area contributed by atoms with Crippen molar-refractivity contribution in [1.29, 1.82) is 0 Å². The number of fused-ring (bicyclic) bond motifs is 1. The number of hydrogen-bond donors (Lipinski definition) is 2. The van der Waals surface area contributed by atoms with Crippen molar-refractivity contribution in [3.05, 3.63) is 106 Å². The molecule has 8 heteroatoms. The number of nitrogens with zero attached hydrogens (tertiary/aromatic N) is 1. The molecule has 2 N–H and O–H groups in total. The number of esters is 1. The zero-order valence-corrected chi connectivity index (χ0v) is 20.2. The SMILES string of the molecule is Cc1ccc(C(=O)Oc2ccc3ccccc3c2/C=N\NC(=O)C(=O)Nc2ccc(Br)cc2)cc1. The minimum absolute atomic E-state index is 0.270. The van der Waals surface area contributed by atoms with Crippen LogP contribution >= 0.6 is 15.9 Å². The van der Waals surface area contributed by atoms with Crippen LogP contribution in [0.2, 0.25) is 0 Å². The summed E-state index contributed by atoms with van der Waals surface area (Å²) >= 11 is 3.31. The lowest BCUT2D eigenvalue weighted by Crippen LogP contribution is -2.32. The van der Waals surface area contributed by atoms with E-state index in [1.54, 1.807) is 42.5 Å². The summed E-state index contributed by atoms with van der Waals surface area (Å²) in [7, 11) is 0. The zero-order valence-electron chi connectivity index (χ0n) is 18.6. The Hall–Kier alpha value is -4.30. The first-order valence-electron chi connectivity index (χ1n) is 10.6. The molecule has 35 heavy (non-hydrogen) atoms. The molecule has 0 aromatic heterocycles. The highest BCUT2D eigenvalue weighted by Crippen LogP contribution is 2.27. The smallest absolute Gasteiger partial charge is 0.343 e. The highest BCUT2D eigenvalue weighted by molar-refractivity contribution is 9.10. The van der Waals surface area contributed by atoms with Gasteiger partial charge in [0.05, 0.1) is 11.8 Å². The van der Waals surface area contributed by atoms with Crippen LogP contribution in [-0.2, 0) is 9.59 Å². The van der Waals surface area contributed by atoms with Crippen LogP contribution in [0.1, 0.15) is 21.5 Å². The van der Waals surface area contributed by atoms with Crippen LogP contribution in [0.4, 0.5) is 5.69 Å². The standard InChI is InChI=1S/C27H20BrN3O4/c1-17-6-8-19(9-7-17)27(34)35-24-15-10-18-4-2-3-5-22(18)23(24)16-29-31-26(33)25(32)30-21-13-11-20(28)12-14-21/h2-16H,1H3,(H,30,32)(H,31,33)/b29-16-. The molecule has 2 amide bonds. The number of nitrogens with one attached hydrogen (secondary N) is 2. The number of hydrogen-bond acceptors (Lipinski definition) is 5. The Bertz CT molecular complexity index is 1430. The van der Waals surface area contributed by atoms with Crippen LogP contribution in [0.5, 0.6) is 5.75 Å². The lowest BCUT2D eigenvalue weighted by Gasteiger charge is -2.11. The van der Waals surface area contributed by atoms with Gasteiger partial charge < -0.3 is 10.1 Å². The molecule has 0 heterocycles. The van der Waals surface area contributed by atoms with E-state index in [1.807, 2.05) is 49.4 Å². The quantitative estimate of drug-likeness (QED) is 0.122. The molecular formula is C27H20BrN3O4. The molecule has 7 nitrogen and oxygen atoms in total. The lowest BCUT2D eigenvalue weighted by atomic mass is 10.0. The third kappa shape index (κ3) is 5.99. The number of hydrazone groups is 1. The van der Waals surface area contributed by atoms with Gasteiger partial charge >= 0.3 is 17.8 Å². The maximum absolute atomic E-state index is 12.7. The Morgan fingerprint density at radius 1 is 0.857 bits per heavy atom. The number of benzene rings is 4. The van der Waals surface area contributed by atoms with Gasteiger partial charge in [0.25, 0.3) is 0 Å². The van der Waals surface area contributed by atoms with Crippen molar-refractivity contribution in [3.8, 4) is 5.75 Å². The highest BCUT2D eigenvalue weighted by atomic mass is 79.9. The second-order valence-corrected chi connectivity index (χ2v) is 8.53. The molecule has 0 radical (unpaired) electrons. The first kappa shape index (κ1) is 23.8. The molecule has 0 spiro atoms. The van der Waals surface area contributed by atoms with Crippen LogP contribution in [-0.4, -0.2) is 24.0 Å². The van der Waals surface area contributed by atoms with E-state index in [0.29, 0.717) is 16.8 Å². The first-order valence-corrected chi connectivity index (χ1v) is 11.4. The van der Waals surface area contributed by atoms with Crippen molar-refractivity contribution in [3.63, 3.8) is 0 Å². The lowest BCUT2D eigenvalue weighted by molar-refractivity contribution is -0.136. The second-order valence-electron chi connectivity index (χ2n) is 7.61. The molecule has 0 atom stereocenters. The van der Waals surface area contributed by atoms with Crippen molar-refractivity contribution < 1.29 is 19.1 Å². The fourth-order valence-corrected chi connectivity index (χ4v) is 3.54. The van der Waals surface area contributed by atoms with Crippen molar-refractivity contribution in [1.82, 2.24) is 5.43 Å². The van der Waals surface area contributed by atoms with Gasteiger partial charge in [-0.25, -0.2) is 10.2 Å². The van der Waals surface area contributed by atoms with Crippen LogP contribution in [0.15, 0.2) is 94.5 Å². The van der Waals surface area contributed by atoms with Crippen LogP contribution in [0, 0.1) is 6.92 Å². The van der Waals surface area contributed by atoms with Gasteiger partial charge in [0.15, 0.2) is 0 Å². The maximum atomic E-state index is 12.7. The minimum Gasteiger partial charge on any atom is -0.422 e. The monoisotopic (exact) mass is 529 g/mol. The number of ether oxygens (including phenoxy) is 1.